The van der Waals surface area contributed by atoms with Crippen LogP contribution in [0.5, 0.6) is 0 Å². The van der Waals surface area contributed by atoms with Gasteiger partial charge in [0.05, 0.1) is 0 Å². The number of aromatic nitrogens is 1. The highest BCUT2D eigenvalue weighted by Gasteiger charge is 2.07. The second kappa shape index (κ2) is 4.65. The maximum Gasteiger partial charge on any atom is 0.290 e. The van der Waals surface area contributed by atoms with E-state index in [0.717, 1.165) is 10.3 Å². The van der Waals surface area contributed by atoms with E-state index in [1.807, 2.05) is 30.3 Å². The predicted molar refractivity (Wildman–Crippen MR) is 63.8 cm³/mol. The van der Waals surface area contributed by atoms with Gasteiger partial charge in [0.25, 0.3) is 11.5 Å². The third-order valence-corrected chi connectivity index (χ3v) is 2.18. The molecule has 0 aliphatic carbocycles. The Balaban J connectivity index is 2.21. The first-order valence-electron chi connectivity index (χ1n) is 5.14. The molecule has 0 fully saturated rings. The molecule has 1 heterocycles. The van der Waals surface area contributed by atoms with E-state index in [9.17, 15) is 9.59 Å². The Morgan fingerprint density at radius 2 is 2.00 bits per heavy atom. The SMILES string of the molecule is Cc1cc(=O)n(C(=O)/C=C/c2ccccc2)o1. The van der Waals surface area contributed by atoms with Crippen molar-refractivity contribution in [3.05, 3.63) is 64.2 Å². The van der Waals surface area contributed by atoms with Gasteiger partial charge in [-0.15, -0.1) is 0 Å². The lowest BCUT2D eigenvalue weighted by Crippen LogP contribution is -2.19. The van der Waals surface area contributed by atoms with Gasteiger partial charge in [-0.3, -0.25) is 9.59 Å². The summed E-state index contributed by atoms with van der Waals surface area (Å²) in [7, 11) is 0. The zero-order valence-electron chi connectivity index (χ0n) is 9.29. The lowest BCUT2D eigenvalue weighted by atomic mass is 10.2. The predicted octanol–water partition coefficient (Wildman–Crippen LogP) is 2.10. The van der Waals surface area contributed by atoms with E-state index >= 15 is 0 Å². The van der Waals surface area contributed by atoms with E-state index in [0.29, 0.717) is 5.76 Å². The summed E-state index contributed by atoms with van der Waals surface area (Å²) < 4.78 is 5.70. The topological polar surface area (TPSA) is 52.2 Å². The van der Waals surface area contributed by atoms with E-state index in [1.54, 1.807) is 13.0 Å². The molecule has 86 valence electrons. The number of allylic oxidation sites excluding steroid dienone is 1. The van der Waals surface area contributed by atoms with Gasteiger partial charge in [-0.1, -0.05) is 35.1 Å². The summed E-state index contributed by atoms with van der Waals surface area (Å²) in [5.74, 6) is -0.0802. The highest BCUT2D eigenvalue weighted by Crippen LogP contribution is 2.01. The van der Waals surface area contributed by atoms with E-state index in [4.69, 9.17) is 4.52 Å². The quantitative estimate of drug-likeness (QED) is 0.741. The van der Waals surface area contributed by atoms with Crippen LogP contribution in [-0.2, 0) is 0 Å². The third-order valence-electron chi connectivity index (χ3n) is 2.18. The van der Waals surface area contributed by atoms with Crippen LogP contribution in [0.15, 0.2) is 51.8 Å². The molecule has 0 spiro atoms. The van der Waals surface area contributed by atoms with Gasteiger partial charge >= 0.3 is 0 Å². The van der Waals surface area contributed by atoms with Gasteiger partial charge < -0.3 is 4.52 Å². The van der Waals surface area contributed by atoms with Crippen molar-refractivity contribution >= 4 is 12.0 Å². The van der Waals surface area contributed by atoms with Crippen LogP contribution in [0.4, 0.5) is 0 Å². The summed E-state index contributed by atoms with van der Waals surface area (Å²) in [4.78, 5) is 22.9. The van der Waals surface area contributed by atoms with Gasteiger partial charge in [-0.2, -0.15) is 0 Å². The molecule has 4 heteroatoms. The van der Waals surface area contributed by atoms with E-state index in [-0.39, 0.29) is 0 Å². The van der Waals surface area contributed by atoms with Crippen LogP contribution in [0.3, 0.4) is 0 Å². The molecule has 0 bridgehead atoms. The Hall–Kier alpha value is -2.36. The van der Waals surface area contributed by atoms with Gasteiger partial charge in [0.15, 0.2) is 0 Å². The highest BCUT2D eigenvalue weighted by molar-refractivity contribution is 5.92. The van der Waals surface area contributed by atoms with Crippen molar-refractivity contribution < 1.29 is 9.32 Å². The van der Waals surface area contributed by atoms with Crippen molar-refractivity contribution in [1.82, 2.24) is 4.74 Å². The maximum absolute atomic E-state index is 11.6. The zero-order chi connectivity index (χ0) is 12.3. The molecule has 1 aromatic carbocycles. The fourth-order valence-corrected chi connectivity index (χ4v) is 1.40. The van der Waals surface area contributed by atoms with Gasteiger partial charge in [0.1, 0.15) is 5.76 Å². The summed E-state index contributed by atoms with van der Waals surface area (Å²) in [5.41, 5.74) is 0.433. The largest absolute Gasteiger partial charge is 0.373 e. The Labute approximate surface area is 97.8 Å². The van der Waals surface area contributed by atoms with Crippen LogP contribution in [0.1, 0.15) is 16.1 Å². The number of rotatable bonds is 2. The Morgan fingerprint density at radius 3 is 2.59 bits per heavy atom. The van der Waals surface area contributed by atoms with Crippen molar-refractivity contribution in [2.75, 3.05) is 0 Å². The van der Waals surface area contributed by atoms with Crippen LogP contribution in [0.25, 0.3) is 6.08 Å². The number of hydrogen-bond acceptors (Lipinski definition) is 3. The second-order valence-corrected chi connectivity index (χ2v) is 3.56. The molecule has 0 saturated carbocycles. The number of carbonyl (C=O) groups excluding carboxylic acids is 1. The molecule has 0 aliphatic rings. The molecule has 0 amide bonds. The monoisotopic (exact) mass is 229 g/mol. The molecule has 0 aliphatic heterocycles. The Morgan fingerprint density at radius 1 is 1.29 bits per heavy atom. The fourth-order valence-electron chi connectivity index (χ4n) is 1.40. The molecule has 17 heavy (non-hydrogen) atoms. The summed E-state index contributed by atoms with van der Waals surface area (Å²) in [6.45, 7) is 1.62. The molecule has 4 nitrogen and oxygen atoms in total. The number of benzene rings is 1. The first-order valence-corrected chi connectivity index (χ1v) is 5.14. The minimum atomic E-state index is -0.494. The second-order valence-electron chi connectivity index (χ2n) is 3.56. The molecule has 0 atom stereocenters. The van der Waals surface area contributed by atoms with Crippen molar-refractivity contribution in [3.63, 3.8) is 0 Å². The number of hydrogen-bond donors (Lipinski definition) is 0. The van der Waals surface area contributed by atoms with Crippen LogP contribution in [-0.4, -0.2) is 10.6 Å². The molecule has 2 rings (SSSR count). The minimum absolute atomic E-state index is 0.413. The van der Waals surface area contributed by atoms with E-state index in [2.05, 4.69) is 0 Å². The molecular formula is C13H11NO3. The van der Waals surface area contributed by atoms with Crippen molar-refractivity contribution in [1.29, 1.82) is 0 Å². The van der Waals surface area contributed by atoms with E-state index < -0.39 is 11.5 Å². The lowest BCUT2D eigenvalue weighted by molar-refractivity contribution is 0.0845. The maximum atomic E-state index is 11.6. The standard InChI is InChI=1S/C13H11NO3/c1-10-9-13(16)14(17-10)12(15)8-7-11-5-3-2-4-6-11/h2-9H,1H3/b8-7+. The normalized spacial score (nSPS) is 10.9. The van der Waals surface area contributed by atoms with E-state index in [1.165, 1.54) is 12.1 Å². The summed E-state index contributed by atoms with van der Waals surface area (Å²) in [5, 5.41) is 0. The Bertz CT molecular complexity index is 605. The first-order chi connectivity index (χ1) is 8.16. The van der Waals surface area contributed by atoms with Crippen molar-refractivity contribution in [2.45, 2.75) is 6.92 Å². The van der Waals surface area contributed by atoms with Gasteiger partial charge in [-0.25, -0.2) is 0 Å². The summed E-state index contributed by atoms with van der Waals surface area (Å²) >= 11 is 0. The Kier molecular flexibility index (Phi) is 3.05. The van der Waals surface area contributed by atoms with Gasteiger partial charge in [0, 0.05) is 12.1 Å². The summed E-state index contributed by atoms with van der Waals surface area (Å²) in [6.07, 6.45) is 2.94. The van der Waals surface area contributed by atoms with Crippen LogP contribution in [0.2, 0.25) is 0 Å². The minimum Gasteiger partial charge on any atom is -0.373 e. The fraction of sp³-hybridized carbons (Fsp3) is 0.0769. The highest BCUT2D eigenvalue weighted by atomic mass is 16.5. The van der Waals surface area contributed by atoms with Crippen LogP contribution in [0, 0.1) is 6.92 Å². The number of nitrogens with zero attached hydrogens (tertiary/aromatic N) is 1. The lowest BCUT2D eigenvalue weighted by Gasteiger charge is -1.93. The first kappa shape index (κ1) is 11.1. The third kappa shape index (κ3) is 2.60. The van der Waals surface area contributed by atoms with Gasteiger partial charge in [-0.05, 0) is 18.6 Å². The van der Waals surface area contributed by atoms with Crippen molar-refractivity contribution in [3.8, 4) is 0 Å². The number of carbonyl (C=O) groups is 1. The average molecular weight is 229 g/mol. The molecule has 0 unspecified atom stereocenters. The van der Waals surface area contributed by atoms with Crippen molar-refractivity contribution in [2.24, 2.45) is 0 Å². The van der Waals surface area contributed by atoms with Gasteiger partial charge in [0.2, 0.25) is 0 Å². The number of aryl methyl sites for hydroxylation is 1. The molecule has 2 aromatic rings. The smallest absolute Gasteiger partial charge is 0.290 e. The zero-order valence-corrected chi connectivity index (χ0v) is 9.29. The molecule has 1 aromatic heterocycles. The summed E-state index contributed by atoms with van der Waals surface area (Å²) in [6, 6.07) is 10.6. The average Bonchev–Trinajstić information content (AvgIpc) is 2.67. The van der Waals surface area contributed by atoms with Crippen LogP contribution < -0.4 is 5.56 Å². The molecule has 0 saturated heterocycles. The molecular weight excluding hydrogens is 218 g/mol. The molecule has 0 radical (unpaired) electrons. The van der Waals surface area contributed by atoms with Crippen LogP contribution >= 0.6 is 0 Å². The molecule has 0 N–H and O–H groups in total.